The molecule has 0 radical (unpaired) electrons. The van der Waals surface area contributed by atoms with Crippen LogP contribution < -0.4 is 5.73 Å². The molecule has 0 aromatic heterocycles. The highest BCUT2D eigenvalue weighted by Crippen LogP contribution is 2.33. The van der Waals surface area contributed by atoms with Crippen LogP contribution in [0.15, 0.2) is 0 Å². The Morgan fingerprint density at radius 2 is 1.93 bits per heavy atom. The van der Waals surface area contributed by atoms with E-state index >= 15 is 0 Å². The molecule has 2 nitrogen and oxygen atoms in total. The lowest BCUT2D eigenvalue weighted by atomic mass is 9.77. The maximum Gasteiger partial charge on any atom is 0.0249 e. The first-order valence-corrected chi connectivity index (χ1v) is 6.32. The monoisotopic (exact) mass is 196 g/mol. The summed E-state index contributed by atoms with van der Waals surface area (Å²) in [4.78, 5) is 2.64. The lowest BCUT2D eigenvalue weighted by molar-refractivity contribution is 0.0231. The summed E-state index contributed by atoms with van der Waals surface area (Å²) < 4.78 is 0. The second-order valence-corrected chi connectivity index (χ2v) is 5.01. The highest BCUT2D eigenvalue weighted by atomic mass is 15.2. The molecule has 82 valence electrons. The van der Waals surface area contributed by atoms with Gasteiger partial charge in [0.05, 0.1) is 0 Å². The Hall–Kier alpha value is -0.0800. The molecule has 14 heavy (non-hydrogen) atoms. The van der Waals surface area contributed by atoms with Crippen LogP contribution in [0.25, 0.3) is 0 Å². The first kappa shape index (κ1) is 10.4. The zero-order valence-electron chi connectivity index (χ0n) is 9.41. The van der Waals surface area contributed by atoms with Crippen LogP contribution in [0.5, 0.6) is 0 Å². The Morgan fingerprint density at radius 1 is 1.21 bits per heavy atom. The summed E-state index contributed by atoms with van der Waals surface area (Å²) in [5, 5.41) is 0. The predicted octanol–water partition coefficient (Wildman–Crippen LogP) is 1.99. The van der Waals surface area contributed by atoms with Gasteiger partial charge in [-0.3, -0.25) is 4.90 Å². The molecule has 3 aliphatic rings. The van der Waals surface area contributed by atoms with Gasteiger partial charge in [0.1, 0.15) is 0 Å². The van der Waals surface area contributed by atoms with Crippen LogP contribution in [0.3, 0.4) is 0 Å². The minimum atomic E-state index is 0.481. The summed E-state index contributed by atoms with van der Waals surface area (Å²) in [7, 11) is 0. The maximum absolute atomic E-state index is 6.30. The molecule has 0 aliphatic carbocycles. The molecule has 2 bridgehead atoms. The fraction of sp³-hybridized carbons (Fsp3) is 1.00. The molecule has 2 unspecified atom stereocenters. The van der Waals surface area contributed by atoms with Crippen molar-refractivity contribution in [3.05, 3.63) is 0 Å². The highest BCUT2D eigenvalue weighted by Gasteiger charge is 2.39. The highest BCUT2D eigenvalue weighted by molar-refractivity contribution is 4.96. The number of piperidine rings is 3. The molecular formula is C12H24N2. The number of fused-ring (bicyclic) bond motifs is 3. The summed E-state index contributed by atoms with van der Waals surface area (Å²) in [6.45, 7) is 4.90. The van der Waals surface area contributed by atoms with Crippen LogP contribution in [-0.4, -0.2) is 30.1 Å². The van der Waals surface area contributed by atoms with Crippen molar-refractivity contribution in [3.8, 4) is 0 Å². The molecule has 0 spiro atoms. The normalized spacial score (nSPS) is 41.6. The van der Waals surface area contributed by atoms with Gasteiger partial charge in [-0.05, 0) is 38.3 Å². The Morgan fingerprint density at radius 3 is 2.50 bits per heavy atom. The molecule has 3 fully saturated rings. The van der Waals surface area contributed by atoms with E-state index in [0.717, 1.165) is 5.92 Å². The van der Waals surface area contributed by atoms with Gasteiger partial charge >= 0.3 is 0 Å². The third-order valence-corrected chi connectivity index (χ3v) is 4.14. The number of hydrogen-bond donors (Lipinski definition) is 1. The van der Waals surface area contributed by atoms with E-state index in [1.54, 1.807) is 0 Å². The predicted molar refractivity (Wildman–Crippen MR) is 60.2 cm³/mol. The molecule has 2 heteroatoms. The van der Waals surface area contributed by atoms with Crippen molar-refractivity contribution in [2.24, 2.45) is 11.7 Å². The Bertz CT molecular complexity index is 171. The Kier molecular flexibility index (Phi) is 3.45. The minimum absolute atomic E-state index is 0.481. The fourth-order valence-corrected chi connectivity index (χ4v) is 3.17. The van der Waals surface area contributed by atoms with Crippen molar-refractivity contribution in [1.82, 2.24) is 4.90 Å². The van der Waals surface area contributed by atoms with Crippen LogP contribution in [0.4, 0.5) is 0 Å². The maximum atomic E-state index is 6.30. The summed E-state index contributed by atoms with van der Waals surface area (Å²) in [6, 6.07) is 1.20. The fourth-order valence-electron chi connectivity index (χ4n) is 3.17. The van der Waals surface area contributed by atoms with Gasteiger partial charge in [0.25, 0.3) is 0 Å². The molecule has 2 atom stereocenters. The van der Waals surface area contributed by atoms with Crippen LogP contribution >= 0.6 is 0 Å². The Labute approximate surface area is 87.8 Å². The summed E-state index contributed by atoms with van der Waals surface area (Å²) >= 11 is 0. The molecule has 3 rings (SSSR count). The van der Waals surface area contributed by atoms with Crippen LogP contribution in [0.1, 0.15) is 45.4 Å². The molecule has 0 aromatic carbocycles. The molecular weight excluding hydrogens is 172 g/mol. The summed E-state index contributed by atoms with van der Waals surface area (Å²) in [5.74, 6) is 0.839. The van der Waals surface area contributed by atoms with Gasteiger partial charge < -0.3 is 5.73 Å². The molecule has 0 amide bonds. The third-order valence-electron chi connectivity index (χ3n) is 4.14. The van der Waals surface area contributed by atoms with Gasteiger partial charge in [0.15, 0.2) is 0 Å². The van der Waals surface area contributed by atoms with Gasteiger partial charge in [-0.25, -0.2) is 0 Å². The first-order chi connectivity index (χ1) is 6.83. The van der Waals surface area contributed by atoms with E-state index in [2.05, 4.69) is 11.8 Å². The molecule has 2 N–H and O–H groups in total. The van der Waals surface area contributed by atoms with Gasteiger partial charge in [-0.15, -0.1) is 0 Å². The van der Waals surface area contributed by atoms with Gasteiger partial charge in [0.2, 0.25) is 0 Å². The standard InChI is InChI=1S/C12H24N2/c1-2-3-4-5-11-12(13)10-6-8-14(11)9-7-10/h10-12H,2-9,13H2,1H3. The number of nitrogens with zero attached hydrogens (tertiary/aromatic N) is 1. The lowest BCUT2D eigenvalue weighted by Gasteiger charge is -2.49. The largest absolute Gasteiger partial charge is 0.326 e. The van der Waals surface area contributed by atoms with E-state index in [1.807, 2.05) is 0 Å². The van der Waals surface area contributed by atoms with Crippen molar-refractivity contribution in [1.29, 1.82) is 0 Å². The number of nitrogens with two attached hydrogens (primary N) is 1. The quantitative estimate of drug-likeness (QED) is 0.697. The van der Waals surface area contributed by atoms with Gasteiger partial charge in [-0.2, -0.15) is 0 Å². The van der Waals surface area contributed by atoms with Crippen LogP contribution in [-0.2, 0) is 0 Å². The van der Waals surface area contributed by atoms with Crippen LogP contribution in [0.2, 0.25) is 0 Å². The molecule has 0 aromatic rings. The van der Waals surface area contributed by atoms with E-state index in [4.69, 9.17) is 5.73 Å². The zero-order valence-corrected chi connectivity index (χ0v) is 9.41. The van der Waals surface area contributed by atoms with Crippen molar-refractivity contribution in [2.45, 2.75) is 57.5 Å². The van der Waals surface area contributed by atoms with Crippen molar-refractivity contribution in [2.75, 3.05) is 13.1 Å². The Balaban J connectivity index is 1.84. The smallest absolute Gasteiger partial charge is 0.0249 e. The second kappa shape index (κ2) is 4.63. The molecule has 3 heterocycles. The first-order valence-electron chi connectivity index (χ1n) is 6.32. The zero-order chi connectivity index (χ0) is 9.97. The third kappa shape index (κ3) is 1.96. The van der Waals surface area contributed by atoms with E-state index in [9.17, 15) is 0 Å². The van der Waals surface area contributed by atoms with E-state index in [1.165, 1.54) is 51.6 Å². The van der Waals surface area contributed by atoms with Crippen LogP contribution in [0, 0.1) is 5.92 Å². The van der Waals surface area contributed by atoms with Gasteiger partial charge in [0, 0.05) is 12.1 Å². The van der Waals surface area contributed by atoms with E-state index in [-0.39, 0.29) is 0 Å². The molecule has 3 aliphatic heterocycles. The number of hydrogen-bond acceptors (Lipinski definition) is 2. The molecule has 3 saturated heterocycles. The van der Waals surface area contributed by atoms with E-state index < -0.39 is 0 Å². The second-order valence-electron chi connectivity index (χ2n) is 5.01. The van der Waals surface area contributed by atoms with Crippen molar-refractivity contribution >= 4 is 0 Å². The van der Waals surface area contributed by atoms with E-state index in [0.29, 0.717) is 12.1 Å². The molecule has 0 saturated carbocycles. The average Bonchev–Trinajstić information content (AvgIpc) is 2.23. The topological polar surface area (TPSA) is 29.3 Å². The van der Waals surface area contributed by atoms with Crippen molar-refractivity contribution in [3.63, 3.8) is 0 Å². The number of rotatable bonds is 4. The summed E-state index contributed by atoms with van der Waals surface area (Å²) in [5.41, 5.74) is 6.30. The SMILES string of the molecule is CCCCCC1C(N)C2CCN1CC2. The summed E-state index contributed by atoms with van der Waals surface area (Å²) in [6.07, 6.45) is 8.12. The average molecular weight is 196 g/mol. The minimum Gasteiger partial charge on any atom is -0.326 e. The number of unbranched alkanes of at least 4 members (excludes halogenated alkanes) is 2. The lowest BCUT2D eigenvalue weighted by Crippen LogP contribution is -2.61. The van der Waals surface area contributed by atoms with Gasteiger partial charge in [-0.1, -0.05) is 26.2 Å². The van der Waals surface area contributed by atoms with Crippen molar-refractivity contribution < 1.29 is 0 Å².